The molecule has 0 unspecified atom stereocenters. The summed E-state index contributed by atoms with van der Waals surface area (Å²) in [6, 6.07) is 6.80. The van der Waals surface area contributed by atoms with E-state index < -0.39 is 17.3 Å². The molecule has 2 saturated heterocycles. The minimum Gasteiger partial charge on any atom is -0.463 e. The number of terminal acetylenes is 1. The van der Waals surface area contributed by atoms with Crippen molar-refractivity contribution in [1.82, 2.24) is 20.3 Å². The number of nitrogens with two attached hydrogens (primary N) is 1. The third-order valence-electron chi connectivity index (χ3n) is 10.5. The quantitative estimate of drug-likeness (QED) is 0.213. The van der Waals surface area contributed by atoms with Crippen molar-refractivity contribution < 1.29 is 17.9 Å². The molecule has 3 saturated carbocycles. The van der Waals surface area contributed by atoms with E-state index in [1.165, 1.54) is 6.07 Å². The summed E-state index contributed by atoms with van der Waals surface area (Å²) in [4.78, 5) is 16.1. The van der Waals surface area contributed by atoms with Crippen molar-refractivity contribution in [2.24, 2.45) is 5.41 Å². The summed E-state index contributed by atoms with van der Waals surface area (Å²) in [6.07, 6.45) is 13.3. The Kier molecular flexibility index (Phi) is 6.21. The lowest BCUT2D eigenvalue weighted by Crippen LogP contribution is -2.51. The van der Waals surface area contributed by atoms with Crippen molar-refractivity contribution >= 4 is 33.2 Å². The van der Waals surface area contributed by atoms with Gasteiger partial charge in [-0.3, -0.25) is 4.98 Å². The van der Waals surface area contributed by atoms with Gasteiger partial charge < -0.3 is 20.7 Å². The summed E-state index contributed by atoms with van der Waals surface area (Å²) in [6.45, 7) is 1.79. The lowest BCUT2D eigenvalue weighted by Gasteiger charge is -2.49. The maximum Gasteiger partial charge on any atom is 0.319 e. The Morgan fingerprint density at radius 2 is 1.77 bits per heavy atom. The van der Waals surface area contributed by atoms with E-state index >= 15 is 4.39 Å². The number of hydrogen-bond acceptors (Lipinski definition) is 7. The minimum absolute atomic E-state index is 0.0130. The van der Waals surface area contributed by atoms with Gasteiger partial charge in [-0.15, -0.1) is 6.42 Å². The van der Waals surface area contributed by atoms with Crippen LogP contribution < -0.4 is 20.7 Å². The van der Waals surface area contributed by atoms with Crippen molar-refractivity contribution in [1.29, 1.82) is 0 Å². The first-order valence-corrected chi connectivity index (χ1v) is 15.4. The van der Waals surface area contributed by atoms with Gasteiger partial charge in [0.05, 0.1) is 17.6 Å². The number of ether oxygens (including phenoxy) is 1. The molecule has 10 heteroatoms. The van der Waals surface area contributed by atoms with Gasteiger partial charge in [0, 0.05) is 53.4 Å². The van der Waals surface area contributed by atoms with Gasteiger partial charge in [0.25, 0.3) is 0 Å². The molecule has 0 amide bonds. The molecule has 44 heavy (non-hydrogen) atoms. The maximum absolute atomic E-state index is 16.8. The van der Waals surface area contributed by atoms with Crippen LogP contribution in [0.4, 0.5) is 24.7 Å². The van der Waals surface area contributed by atoms with E-state index in [2.05, 4.69) is 26.1 Å². The summed E-state index contributed by atoms with van der Waals surface area (Å²) in [5.74, 6) is 1.71. The van der Waals surface area contributed by atoms with Crippen LogP contribution in [-0.4, -0.2) is 52.4 Å². The first kappa shape index (κ1) is 27.4. The molecule has 2 aliphatic heterocycles. The highest BCUT2D eigenvalue weighted by Gasteiger charge is 2.49. The van der Waals surface area contributed by atoms with E-state index in [0.29, 0.717) is 65.6 Å². The second kappa shape index (κ2) is 9.96. The number of pyridine rings is 1. The van der Waals surface area contributed by atoms with Crippen LogP contribution in [0.3, 0.4) is 0 Å². The number of piperazine rings is 1. The largest absolute Gasteiger partial charge is 0.463 e. The van der Waals surface area contributed by atoms with E-state index in [4.69, 9.17) is 21.9 Å². The van der Waals surface area contributed by atoms with E-state index in [0.717, 1.165) is 45.2 Å². The van der Waals surface area contributed by atoms with Gasteiger partial charge >= 0.3 is 6.01 Å². The first-order chi connectivity index (χ1) is 21.2. The zero-order valence-electron chi connectivity index (χ0n) is 24.3. The monoisotopic (exact) mass is 598 g/mol. The number of anilines is 2. The highest BCUT2D eigenvalue weighted by molar-refractivity contribution is 6.03. The van der Waals surface area contributed by atoms with Gasteiger partial charge in [-0.1, -0.05) is 12.0 Å². The molecular formula is C34H33F3N6O. The van der Waals surface area contributed by atoms with Gasteiger partial charge in [0.15, 0.2) is 5.82 Å². The predicted molar refractivity (Wildman–Crippen MR) is 164 cm³/mol. The molecule has 226 valence electrons. The van der Waals surface area contributed by atoms with Gasteiger partial charge in [0.2, 0.25) is 0 Å². The molecule has 7 nitrogen and oxygen atoms in total. The number of benzene rings is 2. The summed E-state index contributed by atoms with van der Waals surface area (Å²) in [7, 11) is 0. The van der Waals surface area contributed by atoms with E-state index in [1.807, 2.05) is 0 Å². The molecule has 3 N–H and O–H groups in total. The summed E-state index contributed by atoms with van der Waals surface area (Å²) in [5, 5.41) is 5.03. The normalized spacial score (nSPS) is 27.6. The molecule has 2 atom stereocenters. The smallest absolute Gasteiger partial charge is 0.319 e. The standard InChI is InChI=1S/C34H33F3N6O/c1-2-23-26(35)6-3-19-13-20(38)14-24(27(19)23)29-28(36)30-25(15-39-29)31(43-16-21-4-5-22(17-43)40-21)42-32(41-30)44-18-33-7-10-34(37,11-8-33)12-9-33/h1,3,6,13-15,21-22,40H,4-5,7-12,16-18,38H2/t21-,22+,33?,34?. The van der Waals surface area contributed by atoms with Crippen LogP contribution in [0.5, 0.6) is 6.01 Å². The number of nitrogen functional groups attached to an aromatic ring is 1. The molecule has 4 bridgehead atoms. The average molecular weight is 599 g/mol. The average Bonchev–Trinajstić information content (AvgIpc) is 3.37. The van der Waals surface area contributed by atoms with E-state index in [9.17, 15) is 8.78 Å². The maximum atomic E-state index is 16.8. The number of fused-ring (bicyclic) bond motifs is 7. The molecule has 5 fully saturated rings. The lowest BCUT2D eigenvalue weighted by atomic mass is 9.60. The Hall–Kier alpha value is -4.10. The molecule has 0 spiro atoms. The Morgan fingerprint density at radius 3 is 2.48 bits per heavy atom. The molecule has 0 radical (unpaired) electrons. The Labute approximate surface area is 253 Å². The van der Waals surface area contributed by atoms with Gasteiger partial charge in [-0.05, 0) is 75.0 Å². The Morgan fingerprint density at radius 1 is 1.05 bits per heavy atom. The number of alkyl halides is 1. The number of aromatic nitrogens is 3. The topological polar surface area (TPSA) is 89.2 Å². The van der Waals surface area contributed by atoms with Crippen LogP contribution in [-0.2, 0) is 0 Å². The zero-order valence-corrected chi connectivity index (χ0v) is 24.3. The Bertz CT molecular complexity index is 1840. The minimum atomic E-state index is -1.05. The van der Waals surface area contributed by atoms with Crippen LogP contribution in [0, 0.1) is 29.4 Å². The zero-order chi connectivity index (χ0) is 30.2. The SMILES string of the molecule is C#Cc1c(F)ccc2cc(N)cc(-c3ncc4c(N5C[C@H]6CC[C@@H](C5)N6)nc(OCC56CCC(F)(CC5)CC6)nc4c3F)c12. The van der Waals surface area contributed by atoms with Crippen LogP contribution in [0.2, 0.25) is 0 Å². The Balaban J connectivity index is 1.26. The van der Waals surface area contributed by atoms with Crippen molar-refractivity contribution in [3.05, 3.63) is 47.7 Å². The first-order valence-electron chi connectivity index (χ1n) is 15.4. The molecule has 2 aromatic carbocycles. The fourth-order valence-electron chi connectivity index (χ4n) is 7.93. The highest BCUT2D eigenvalue weighted by atomic mass is 19.1. The summed E-state index contributed by atoms with van der Waals surface area (Å²) >= 11 is 0. The number of hydrogen-bond donors (Lipinski definition) is 2. The number of halogens is 3. The molecule has 3 aliphatic carbocycles. The molecular weight excluding hydrogens is 565 g/mol. The van der Waals surface area contributed by atoms with Gasteiger partial charge in [-0.2, -0.15) is 9.97 Å². The van der Waals surface area contributed by atoms with Gasteiger partial charge in [-0.25, -0.2) is 13.2 Å². The highest BCUT2D eigenvalue weighted by Crippen LogP contribution is 2.54. The molecule has 4 heterocycles. The fraction of sp³-hybridized carbons (Fsp3) is 0.441. The van der Waals surface area contributed by atoms with Crippen LogP contribution in [0.1, 0.15) is 56.9 Å². The second-order valence-corrected chi connectivity index (χ2v) is 13.2. The molecule has 2 aromatic heterocycles. The third kappa shape index (κ3) is 4.43. The van der Waals surface area contributed by atoms with Crippen LogP contribution in [0.15, 0.2) is 30.5 Å². The molecule has 5 aliphatic rings. The molecule has 4 aromatic rings. The van der Waals surface area contributed by atoms with E-state index in [1.54, 1.807) is 24.4 Å². The van der Waals surface area contributed by atoms with Crippen LogP contribution in [0.25, 0.3) is 32.9 Å². The van der Waals surface area contributed by atoms with E-state index in [-0.39, 0.29) is 33.8 Å². The van der Waals surface area contributed by atoms with Crippen molar-refractivity contribution in [3.63, 3.8) is 0 Å². The predicted octanol–water partition coefficient (Wildman–Crippen LogP) is 6.07. The molecule has 9 rings (SSSR count). The second-order valence-electron chi connectivity index (χ2n) is 13.2. The number of nitrogens with zero attached hydrogens (tertiary/aromatic N) is 4. The van der Waals surface area contributed by atoms with Crippen LogP contribution >= 0.6 is 0 Å². The van der Waals surface area contributed by atoms with Crippen molar-refractivity contribution in [2.75, 3.05) is 30.3 Å². The van der Waals surface area contributed by atoms with Crippen molar-refractivity contribution in [3.8, 4) is 29.6 Å². The summed E-state index contributed by atoms with van der Waals surface area (Å²) < 4.78 is 52.7. The summed E-state index contributed by atoms with van der Waals surface area (Å²) in [5.41, 5.74) is 5.71. The van der Waals surface area contributed by atoms with Crippen molar-refractivity contribution in [2.45, 2.75) is 69.1 Å². The third-order valence-corrected chi connectivity index (χ3v) is 10.5. The number of nitrogens with one attached hydrogen (secondary N) is 1. The fourth-order valence-corrected chi connectivity index (χ4v) is 7.93. The van der Waals surface area contributed by atoms with Gasteiger partial charge in [0.1, 0.15) is 28.5 Å². The lowest BCUT2D eigenvalue weighted by molar-refractivity contribution is -0.0559. The number of rotatable bonds is 5.